The molecular formula is C17H30N2O. The molecule has 2 N–H and O–H groups in total. The van der Waals surface area contributed by atoms with Crippen molar-refractivity contribution in [3.63, 3.8) is 0 Å². The number of nitrogens with zero attached hydrogens (tertiary/aromatic N) is 1. The molecule has 0 aliphatic heterocycles. The van der Waals surface area contributed by atoms with Crippen LogP contribution in [0.4, 0.5) is 0 Å². The average molecular weight is 278 g/mol. The summed E-state index contributed by atoms with van der Waals surface area (Å²) in [5, 5.41) is 0. The molecule has 1 aromatic carbocycles. The predicted molar refractivity (Wildman–Crippen MR) is 86.0 cm³/mol. The van der Waals surface area contributed by atoms with Crippen molar-refractivity contribution in [1.82, 2.24) is 4.90 Å². The van der Waals surface area contributed by atoms with Gasteiger partial charge in [-0.2, -0.15) is 0 Å². The fourth-order valence-electron chi connectivity index (χ4n) is 2.61. The lowest BCUT2D eigenvalue weighted by Crippen LogP contribution is -2.37. The van der Waals surface area contributed by atoms with Gasteiger partial charge in [0.05, 0.1) is 6.61 Å². The van der Waals surface area contributed by atoms with E-state index in [0.29, 0.717) is 5.92 Å². The van der Waals surface area contributed by atoms with E-state index in [9.17, 15) is 0 Å². The van der Waals surface area contributed by atoms with Crippen LogP contribution in [0, 0.1) is 19.8 Å². The van der Waals surface area contributed by atoms with E-state index in [1.165, 1.54) is 16.7 Å². The first kappa shape index (κ1) is 17.2. The van der Waals surface area contributed by atoms with Crippen molar-refractivity contribution in [1.29, 1.82) is 0 Å². The largest absolute Gasteiger partial charge is 0.383 e. The molecule has 0 aliphatic rings. The molecule has 3 heteroatoms. The number of rotatable bonds is 8. The molecule has 0 saturated heterocycles. The van der Waals surface area contributed by atoms with Gasteiger partial charge in [0.2, 0.25) is 0 Å². The molecule has 0 aromatic heterocycles. The summed E-state index contributed by atoms with van der Waals surface area (Å²) < 4.78 is 5.20. The molecule has 0 amide bonds. The summed E-state index contributed by atoms with van der Waals surface area (Å²) in [5.41, 5.74) is 10.2. The number of hydrogen-bond acceptors (Lipinski definition) is 3. The van der Waals surface area contributed by atoms with Crippen molar-refractivity contribution in [3.8, 4) is 0 Å². The molecule has 0 radical (unpaired) electrons. The van der Waals surface area contributed by atoms with Crippen LogP contribution in [-0.2, 0) is 4.74 Å². The topological polar surface area (TPSA) is 38.5 Å². The standard InChI is InChI=1S/C17H30N2O/c1-13(2)11-19(8-9-20-5)12-17(18)16-7-6-14(3)10-15(16)4/h6-7,10,13,17H,8-9,11-12,18H2,1-5H3. The Morgan fingerprint density at radius 1 is 1.20 bits per heavy atom. The zero-order valence-electron chi connectivity index (χ0n) is 13.6. The number of hydrogen-bond donors (Lipinski definition) is 1. The highest BCUT2D eigenvalue weighted by Crippen LogP contribution is 2.18. The van der Waals surface area contributed by atoms with Crippen molar-refractivity contribution in [2.75, 3.05) is 33.4 Å². The van der Waals surface area contributed by atoms with Gasteiger partial charge in [-0.1, -0.05) is 37.6 Å². The molecule has 0 bridgehead atoms. The van der Waals surface area contributed by atoms with Crippen LogP contribution in [0.3, 0.4) is 0 Å². The number of ether oxygens (including phenoxy) is 1. The van der Waals surface area contributed by atoms with Gasteiger partial charge in [-0.05, 0) is 30.9 Å². The van der Waals surface area contributed by atoms with E-state index in [4.69, 9.17) is 10.5 Å². The first-order valence-electron chi connectivity index (χ1n) is 7.48. The van der Waals surface area contributed by atoms with Crippen LogP contribution in [0.2, 0.25) is 0 Å². The summed E-state index contributed by atoms with van der Waals surface area (Å²) in [6.45, 7) is 12.4. The van der Waals surface area contributed by atoms with E-state index < -0.39 is 0 Å². The molecule has 1 rings (SSSR count). The molecule has 1 unspecified atom stereocenters. The van der Waals surface area contributed by atoms with Crippen LogP contribution in [0.1, 0.15) is 36.6 Å². The van der Waals surface area contributed by atoms with E-state index in [0.717, 1.165) is 26.2 Å². The maximum absolute atomic E-state index is 6.41. The van der Waals surface area contributed by atoms with Gasteiger partial charge in [0.1, 0.15) is 0 Å². The second kappa shape index (κ2) is 8.40. The SMILES string of the molecule is COCCN(CC(C)C)CC(N)c1ccc(C)cc1C. The normalized spacial score (nSPS) is 13.2. The Morgan fingerprint density at radius 2 is 1.90 bits per heavy atom. The third-order valence-electron chi connectivity index (χ3n) is 3.51. The zero-order chi connectivity index (χ0) is 15.1. The maximum Gasteiger partial charge on any atom is 0.0589 e. The first-order valence-corrected chi connectivity index (χ1v) is 7.48. The molecule has 1 aromatic rings. The van der Waals surface area contributed by atoms with Crippen LogP contribution in [0.25, 0.3) is 0 Å². The lowest BCUT2D eigenvalue weighted by molar-refractivity contribution is 0.136. The van der Waals surface area contributed by atoms with Crippen molar-refractivity contribution in [2.24, 2.45) is 11.7 Å². The summed E-state index contributed by atoms with van der Waals surface area (Å²) >= 11 is 0. The van der Waals surface area contributed by atoms with E-state index >= 15 is 0 Å². The molecule has 3 nitrogen and oxygen atoms in total. The van der Waals surface area contributed by atoms with Gasteiger partial charge in [-0.25, -0.2) is 0 Å². The lowest BCUT2D eigenvalue weighted by atomic mass is 9.99. The van der Waals surface area contributed by atoms with Crippen LogP contribution >= 0.6 is 0 Å². The molecule has 0 fully saturated rings. The number of nitrogens with two attached hydrogens (primary N) is 1. The summed E-state index contributed by atoms with van der Waals surface area (Å²) in [6, 6.07) is 6.58. The fraction of sp³-hybridized carbons (Fsp3) is 0.647. The zero-order valence-corrected chi connectivity index (χ0v) is 13.6. The summed E-state index contributed by atoms with van der Waals surface area (Å²) in [5.74, 6) is 0.637. The van der Waals surface area contributed by atoms with E-state index in [1.807, 2.05) is 0 Å². The minimum atomic E-state index is 0.0613. The third-order valence-corrected chi connectivity index (χ3v) is 3.51. The summed E-state index contributed by atoms with van der Waals surface area (Å²) in [4.78, 5) is 2.40. The quantitative estimate of drug-likeness (QED) is 0.794. The van der Waals surface area contributed by atoms with E-state index in [2.05, 4.69) is 50.8 Å². The Labute approximate surface area is 124 Å². The Kier molecular flexibility index (Phi) is 7.20. The van der Waals surface area contributed by atoms with Gasteiger partial charge >= 0.3 is 0 Å². The molecule has 20 heavy (non-hydrogen) atoms. The first-order chi connectivity index (χ1) is 9.43. The second-order valence-electron chi connectivity index (χ2n) is 6.11. The lowest BCUT2D eigenvalue weighted by Gasteiger charge is -2.27. The Morgan fingerprint density at radius 3 is 2.45 bits per heavy atom. The Balaban J connectivity index is 2.70. The van der Waals surface area contributed by atoms with Crippen LogP contribution < -0.4 is 5.73 Å². The van der Waals surface area contributed by atoms with Crippen molar-refractivity contribution < 1.29 is 4.74 Å². The van der Waals surface area contributed by atoms with E-state index in [1.54, 1.807) is 7.11 Å². The van der Waals surface area contributed by atoms with Gasteiger partial charge in [0.25, 0.3) is 0 Å². The molecule has 0 heterocycles. The Bertz CT molecular complexity index is 404. The predicted octanol–water partition coefficient (Wildman–Crippen LogP) is 2.91. The average Bonchev–Trinajstić information content (AvgIpc) is 2.35. The van der Waals surface area contributed by atoms with Gasteiger partial charge in [-0.15, -0.1) is 0 Å². The van der Waals surface area contributed by atoms with Crippen molar-refractivity contribution >= 4 is 0 Å². The molecule has 0 spiro atoms. The van der Waals surface area contributed by atoms with Gasteiger partial charge in [-0.3, -0.25) is 4.90 Å². The smallest absolute Gasteiger partial charge is 0.0589 e. The van der Waals surface area contributed by atoms with Gasteiger partial charge in [0.15, 0.2) is 0 Å². The van der Waals surface area contributed by atoms with Gasteiger partial charge < -0.3 is 10.5 Å². The minimum absolute atomic E-state index is 0.0613. The highest BCUT2D eigenvalue weighted by molar-refractivity contribution is 5.32. The highest BCUT2D eigenvalue weighted by atomic mass is 16.5. The summed E-state index contributed by atoms with van der Waals surface area (Å²) in [7, 11) is 1.75. The number of aryl methyl sites for hydroxylation is 2. The molecule has 0 aliphatic carbocycles. The van der Waals surface area contributed by atoms with Crippen LogP contribution in [0.5, 0.6) is 0 Å². The van der Waals surface area contributed by atoms with Gasteiger partial charge in [0, 0.05) is 32.8 Å². The van der Waals surface area contributed by atoms with Crippen LogP contribution in [-0.4, -0.2) is 38.3 Å². The fourth-order valence-corrected chi connectivity index (χ4v) is 2.61. The Hall–Kier alpha value is -0.900. The third kappa shape index (κ3) is 5.61. The monoisotopic (exact) mass is 278 g/mol. The maximum atomic E-state index is 6.41. The number of benzene rings is 1. The highest BCUT2D eigenvalue weighted by Gasteiger charge is 2.15. The molecule has 114 valence electrons. The minimum Gasteiger partial charge on any atom is -0.383 e. The molecule has 1 atom stereocenters. The molecular weight excluding hydrogens is 248 g/mol. The van der Waals surface area contributed by atoms with E-state index in [-0.39, 0.29) is 6.04 Å². The second-order valence-corrected chi connectivity index (χ2v) is 6.11. The molecule has 0 saturated carbocycles. The van der Waals surface area contributed by atoms with Crippen LogP contribution in [0.15, 0.2) is 18.2 Å². The number of methoxy groups -OCH3 is 1. The van der Waals surface area contributed by atoms with Crippen molar-refractivity contribution in [2.45, 2.75) is 33.7 Å². The van der Waals surface area contributed by atoms with Crippen molar-refractivity contribution in [3.05, 3.63) is 34.9 Å². The summed E-state index contributed by atoms with van der Waals surface area (Å²) in [6.07, 6.45) is 0.